The molecule has 33 heavy (non-hydrogen) atoms. The Morgan fingerprint density at radius 1 is 1.09 bits per heavy atom. The fourth-order valence-corrected chi connectivity index (χ4v) is 4.51. The summed E-state index contributed by atoms with van der Waals surface area (Å²) in [4.78, 5) is 28.1. The average molecular weight is 491 g/mol. The monoisotopic (exact) mass is 490 g/mol. The van der Waals surface area contributed by atoms with Gasteiger partial charge in [0.05, 0.1) is 6.61 Å². The Hall–Kier alpha value is -2.24. The lowest BCUT2D eigenvalue weighted by Gasteiger charge is -2.32. The van der Waals surface area contributed by atoms with E-state index >= 15 is 0 Å². The predicted molar refractivity (Wildman–Crippen MR) is 133 cm³/mol. The van der Waals surface area contributed by atoms with Gasteiger partial charge in [0.15, 0.2) is 0 Å². The molecule has 0 aromatic heterocycles. The van der Waals surface area contributed by atoms with E-state index in [-0.39, 0.29) is 24.3 Å². The maximum atomic E-state index is 13.3. The topological polar surface area (TPSA) is 58.6 Å². The van der Waals surface area contributed by atoms with Crippen LogP contribution in [0.15, 0.2) is 48.5 Å². The van der Waals surface area contributed by atoms with E-state index in [9.17, 15) is 9.59 Å². The summed E-state index contributed by atoms with van der Waals surface area (Å²) >= 11 is 12.3. The van der Waals surface area contributed by atoms with E-state index in [1.807, 2.05) is 25.1 Å². The molecule has 0 spiro atoms. The molecular weight excluding hydrogens is 459 g/mol. The van der Waals surface area contributed by atoms with Gasteiger partial charge in [0.25, 0.3) is 0 Å². The molecular formula is C26H32Cl2N2O3. The fraction of sp³-hybridized carbons (Fsp3) is 0.462. The number of hydrogen-bond donors (Lipinski definition) is 1. The Morgan fingerprint density at radius 3 is 2.45 bits per heavy atom. The number of ether oxygens (including phenoxy) is 1. The molecule has 0 radical (unpaired) electrons. The van der Waals surface area contributed by atoms with Crippen molar-refractivity contribution in [2.24, 2.45) is 0 Å². The molecule has 178 valence electrons. The van der Waals surface area contributed by atoms with Crippen molar-refractivity contribution < 1.29 is 14.3 Å². The number of nitrogens with one attached hydrogen (secondary N) is 1. The molecule has 1 N–H and O–H groups in total. The van der Waals surface area contributed by atoms with Crippen LogP contribution in [0.1, 0.15) is 57.4 Å². The first-order valence-corrected chi connectivity index (χ1v) is 12.4. The van der Waals surface area contributed by atoms with Crippen molar-refractivity contribution in [1.29, 1.82) is 0 Å². The summed E-state index contributed by atoms with van der Waals surface area (Å²) in [5.41, 5.74) is 0.831. The van der Waals surface area contributed by atoms with Crippen LogP contribution in [0.3, 0.4) is 0 Å². The molecule has 1 unspecified atom stereocenters. The highest BCUT2D eigenvalue weighted by Crippen LogP contribution is 2.22. The van der Waals surface area contributed by atoms with Crippen molar-refractivity contribution in [2.75, 3.05) is 6.61 Å². The van der Waals surface area contributed by atoms with Gasteiger partial charge in [0.1, 0.15) is 11.8 Å². The molecule has 2 aromatic rings. The van der Waals surface area contributed by atoms with Crippen LogP contribution in [-0.4, -0.2) is 35.4 Å². The number of carbonyl (C=O) groups is 2. The van der Waals surface area contributed by atoms with Gasteiger partial charge in [-0.3, -0.25) is 9.59 Å². The fourth-order valence-electron chi connectivity index (χ4n) is 4.19. The van der Waals surface area contributed by atoms with Crippen molar-refractivity contribution in [3.63, 3.8) is 0 Å². The van der Waals surface area contributed by atoms with Gasteiger partial charge in [-0.25, -0.2) is 0 Å². The van der Waals surface area contributed by atoms with Crippen LogP contribution in [0.4, 0.5) is 0 Å². The van der Waals surface area contributed by atoms with Gasteiger partial charge in [-0.05, 0) is 61.6 Å². The van der Waals surface area contributed by atoms with Crippen LogP contribution in [0.2, 0.25) is 10.0 Å². The van der Waals surface area contributed by atoms with Crippen molar-refractivity contribution in [3.8, 4) is 5.75 Å². The summed E-state index contributed by atoms with van der Waals surface area (Å²) < 4.78 is 5.72. The first kappa shape index (κ1) is 25.4. The normalized spacial score (nSPS) is 14.6. The van der Waals surface area contributed by atoms with Gasteiger partial charge < -0.3 is 15.0 Å². The molecule has 0 aliphatic heterocycles. The van der Waals surface area contributed by atoms with E-state index in [1.54, 1.807) is 35.2 Å². The highest BCUT2D eigenvalue weighted by molar-refractivity contribution is 6.31. The van der Waals surface area contributed by atoms with Crippen LogP contribution >= 0.6 is 23.2 Å². The Balaban J connectivity index is 1.65. The molecule has 2 aromatic carbocycles. The maximum absolute atomic E-state index is 13.3. The number of nitrogens with zero attached hydrogens (tertiary/aromatic N) is 1. The number of halogens is 2. The van der Waals surface area contributed by atoms with Crippen LogP contribution < -0.4 is 10.1 Å². The Kier molecular flexibility index (Phi) is 9.89. The van der Waals surface area contributed by atoms with Crippen LogP contribution in [0, 0.1) is 0 Å². The van der Waals surface area contributed by atoms with Gasteiger partial charge in [-0.2, -0.15) is 0 Å². The van der Waals surface area contributed by atoms with E-state index in [1.165, 1.54) is 0 Å². The second-order valence-corrected chi connectivity index (χ2v) is 9.28. The Morgan fingerprint density at radius 2 is 1.79 bits per heavy atom. The molecule has 7 heteroatoms. The predicted octanol–water partition coefficient (Wildman–Crippen LogP) is 6.02. The maximum Gasteiger partial charge on any atom is 0.243 e. The van der Waals surface area contributed by atoms with E-state index in [4.69, 9.17) is 27.9 Å². The van der Waals surface area contributed by atoms with Crippen LogP contribution in [0.5, 0.6) is 5.75 Å². The molecule has 1 aliphatic rings. The summed E-state index contributed by atoms with van der Waals surface area (Å²) in [6, 6.07) is 14.3. The van der Waals surface area contributed by atoms with Crippen LogP contribution in [0.25, 0.3) is 0 Å². The molecule has 3 rings (SSSR count). The molecule has 0 heterocycles. The molecule has 2 amide bonds. The zero-order valence-corrected chi connectivity index (χ0v) is 20.6. The van der Waals surface area contributed by atoms with E-state index in [0.717, 1.165) is 31.2 Å². The Labute approximate surface area is 206 Å². The van der Waals surface area contributed by atoms with E-state index in [2.05, 4.69) is 5.32 Å². The van der Waals surface area contributed by atoms with Gasteiger partial charge in [0, 0.05) is 29.1 Å². The summed E-state index contributed by atoms with van der Waals surface area (Å²) in [6.45, 7) is 2.64. The third-order valence-electron chi connectivity index (χ3n) is 6.00. The molecule has 5 nitrogen and oxygen atoms in total. The summed E-state index contributed by atoms with van der Waals surface area (Å²) in [5.74, 6) is 0.549. The second kappa shape index (κ2) is 12.9. The SMILES string of the molecule is CCC(C(=O)NC1CCCC1)N(Cc1ccccc1Cl)C(=O)CCCOc1ccc(Cl)cc1. The Bertz CT molecular complexity index is 914. The first-order chi connectivity index (χ1) is 16.0. The summed E-state index contributed by atoms with van der Waals surface area (Å²) in [6.07, 6.45) is 5.64. The minimum absolute atomic E-state index is 0.0805. The standard InChI is InChI=1S/C26H32Cl2N2O3/c1-2-24(26(32)29-21-9-4-5-10-21)30(18-19-8-3-6-11-23(19)28)25(31)12-7-17-33-22-15-13-20(27)14-16-22/h3,6,8,11,13-16,21,24H,2,4-5,7,9-10,12,17-18H2,1H3,(H,29,32). The third-order valence-corrected chi connectivity index (χ3v) is 6.62. The highest BCUT2D eigenvalue weighted by atomic mass is 35.5. The number of amides is 2. The van der Waals surface area contributed by atoms with Crippen molar-refractivity contribution in [3.05, 3.63) is 64.1 Å². The lowest BCUT2D eigenvalue weighted by molar-refractivity contribution is -0.141. The molecule has 0 saturated heterocycles. The number of hydrogen-bond acceptors (Lipinski definition) is 3. The van der Waals surface area contributed by atoms with Crippen molar-refractivity contribution >= 4 is 35.0 Å². The number of rotatable bonds is 11. The average Bonchev–Trinajstić information content (AvgIpc) is 3.32. The molecule has 1 atom stereocenters. The summed E-state index contributed by atoms with van der Waals surface area (Å²) in [7, 11) is 0. The van der Waals surface area contributed by atoms with E-state index < -0.39 is 6.04 Å². The van der Waals surface area contributed by atoms with Gasteiger partial charge in [0.2, 0.25) is 11.8 Å². The van der Waals surface area contributed by atoms with Gasteiger partial charge in [-0.1, -0.05) is 61.2 Å². The lowest BCUT2D eigenvalue weighted by Crippen LogP contribution is -2.51. The minimum atomic E-state index is -0.536. The van der Waals surface area contributed by atoms with Gasteiger partial charge >= 0.3 is 0 Å². The second-order valence-electron chi connectivity index (χ2n) is 8.43. The highest BCUT2D eigenvalue weighted by Gasteiger charge is 2.30. The quantitative estimate of drug-likeness (QED) is 0.391. The van der Waals surface area contributed by atoms with Gasteiger partial charge in [-0.15, -0.1) is 0 Å². The summed E-state index contributed by atoms with van der Waals surface area (Å²) in [5, 5.41) is 4.40. The zero-order valence-electron chi connectivity index (χ0n) is 19.1. The van der Waals surface area contributed by atoms with Crippen molar-refractivity contribution in [1.82, 2.24) is 10.2 Å². The third kappa shape index (κ3) is 7.65. The molecule has 1 saturated carbocycles. The largest absolute Gasteiger partial charge is 0.494 e. The zero-order chi connectivity index (χ0) is 23.6. The smallest absolute Gasteiger partial charge is 0.243 e. The first-order valence-electron chi connectivity index (χ1n) is 11.7. The van der Waals surface area contributed by atoms with Crippen molar-refractivity contribution in [2.45, 2.75) is 70.5 Å². The number of benzene rings is 2. The van der Waals surface area contributed by atoms with E-state index in [0.29, 0.717) is 41.8 Å². The molecule has 0 bridgehead atoms. The molecule has 1 fully saturated rings. The van der Waals surface area contributed by atoms with Crippen LogP contribution in [-0.2, 0) is 16.1 Å². The minimum Gasteiger partial charge on any atom is -0.494 e. The lowest BCUT2D eigenvalue weighted by atomic mass is 10.1. The number of carbonyl (C=O) groups excluding carboxylic acids is 2. The molecule has 1 aliphatic carbocycles.